The first kappa shape index (κ1) is 12.0. The van der Waals surface area contributed by atoms with Crippen LogP contribution in [0.4, 0.5) is 10.1 Å². The molecule has 0 saturated heterocycles. The van der Waals surface area contributed by atoms with E-state index < -0.39 is 5.82 Å². The van der Waals surface area contributed by atoms with E-state index in [4.69, 9.17) is 4.42 Å². The molecule has 0 bridgehead atoms. The maximum absolute atomic E-state index is 13.7. The van der Waals surface area contributed by atoms with Crippen LogP contribution >= 0.6 is 0 Å². The van der Waals surface area contributed by atoms with Gasteiger partial charge in [0.05, 0.1) is 5.69 Å². The minimum atomic E-state index is -0.563. The Morgan fingerprint density at radius 2 is 2.11 bits per heavy atom. The number of hydrogen-bond acceptors (Lipinski definition) is 3. The lowest BCUT2D eigenvalue weighted by Gasteiger charge is -2.05. The fraction of sp³-hybridized carbons (Fsp3) is 0.0769. The lowest BCUT2D eigenvalue weighted by molar-refractivity contribution is -0.114. The van der Waals surface area contributed by atoms with Gasteiger partial charge >= 0.3 is 0 Å². The quantitative estimate of drug-likeness (QED) is 0.848. The molecule has 92 valence electrons. The van der Waals surface area contributed by atoms with Crippen LogP contribution in [0.5, 0.6) is 0 Å². The fourth-order valence-electron chi connectivity index (χ4n) is 1.53. The molecule has 0 unspecified atom stereocenters. The molecule has 0 radical (unpaired) electrons. The molecule has 1 N–H and O–H groups in total. The second kappa shape index (κ2) is 4.83. The number of amides is 1. The van der Waals surface area contributed by atoms with Gasteiger partial charge < -0.3 is 9.73 Å². The van der Waals surface area contributed by atoms with Gasteiger partial charge in [0.1, 0.15) is 11.6 Å². The molecule has 4 nitrogen and oxygen atoms in total. The molecule has 0 saturated carbocycles. The smallest absolute Gasteiger partial charge is 0.221 e. The number of carbonyl (C=O) groups excluding carboxylic acids is 2. The van der Waals surface area contributed by atoms with Crippen molar-refractivity contribution in [1.82, 2.24) is 0 Å². The maximum atomic E-state index is 13.7. The zero-order valence-electron chi connectivity index (χ0n) is 9.57. The molecule has 0 spiro atoms. The molecule has 1 aromatic heterocycles. The summed E-state index contributed by atoms with van der Waals surface area (Å²) in [5, 5.41) is 2.37. The van der Waals surface area contributed by atoms with Crippen LogP contribution in [0.3, 0.4) is 0 Å². The number of aldehydes is 1. The summed E-state index contributed by atoms with van der Waals surface area (Å²) in [6.45, 7) is 1.30. The van der Waals surface area contributed by atoms with Crippen molar-refractivity contribution in [1.29, 1.82) is 0 Å². The van der Waals surface area contributed by atoms with Crippen molar-refractivity contribution in [2.45, 2.75) is 6.92 Å². The lowest BCUT2D eigenvalue weighted by Crippen LogP contribution is -2.07. The van der Waals surface area contributed by atoms with E-state index in [-0.39, 0.29) is 17.4 Å². The molecule has 2 aromatic rings. The van der Waals surface area contributed by atoms with Gasteiger partial charge in [-0.25, -0.2) is 4.39 Å². The van der Waals surface area contributed by atoms with Gasteiger partial charge in [-0.1, -0.05) is 0 Å². The maximum Gasteiger partial charge on any atom is 0.221 e. The first-order valence-corrected chi connectivity index (χ1v) is 5.22. The van der Waals surface area contributed by atoms with Crippen LogP contribution in [0, 0.1) is 5.82 Å². The van der Waals surface area contributed by atoms with Gasteiger partial charge in [0.15, 0.2) is 12.0 Å². The van der Waals surface area contributed by atoms with Crippen molar-refractivity contribution >= 4 is 17.9 Å². The largest absolute Gasteiger partial charge is 0.453 e. The third-order valence-corrected chi connectivity index (χ3v) is 2.31. The highest BCUT2D eigenvalue weighted by Crippen LogP contribution is 2.25. The summed E-state index contributed by atoms with van der Waals surface area (Å²) in [5.41, 5.74) is 0.600. The minimum absolute atomic E-state index is 0.105. The van der Waals surface area contributed by atoms with Crippen molar-refractivity contribution in [2.75, 3.05) is 5.32 Å². The Balaban J connectivity index is 2.33. The normalized spacial score (nSPS) is 10.1. The highest BCUT2D eigenvalue weighted by atomic mass is 19.1. The van der Waals surface area contributed by atoms with Crippen LogP contribution in [-0.4, -0.2) is 12.2 Å². The number of nitrogens with one attached hydrogen (secondary N) is 1. The zero-order valence-corrected chi connectivity index (χ0v) is 9.57. The van der Waals surface area contributed by atoms with Crippen molar-refractivity contribution in [2.24, 2.45) is 0 Å². The predicted octanol–water partition coefficient (Wildman–Crippen LogP) is 2.86. The van der Waals surface area contributed by atoms with Gasteiger partial charge in [0, 0.05) is 12.5 Å². The molecule has 0 aliphatic rings. The molecule has 0 aliphatic carbocycles. The van der Waals surface area contributed by atoms with Crippen molar-refractivity contribution < 1.29 is 18.4 Å². The lowest BCUT2D eigenvalue weighted by atomic mass is 10.1. The standard InChI is InChI=1S/C13H10FNO3/c1-8(17)15-12-4-2-9(6-11(12)14)13-5-3-10(7-16)18-13/h2-7H,1H3,(H,15,17). The second-order valence-corrected chi connectivity index (χ2v) is 3.70. The van der Waals surface area contributed by atoms with E-state index in [2.05, 4.69) is 5.32 Å². The molecule has 0 aliphatic heterocycles. The van der Waals surface area contributed by atoms with E-state index in [1.54, 1.807) is 12.1 Å². The first-order valence-electron chi connectivity index (χ1n) is 5.22. The monoisotopic (exact) mass is 247 g/mol. The number of carbonyl (C=O) groups is 2. The fourth-order valence-corrected chi connectivity index (χ4v) is 1.53. The SMILES string of the molecule is CC(=O)Nc1ccc(-c2ccc(C=O)o2)cc1F. The average Bonchev–Trinajstić information content (AvgIpc) is 2.80. The first-order chi connectivity index (χ1) is 8.60. The summed E-state index contributed by atoms with van der Waals surface area (Å²) < 4.78 is 18.8. The number of hydrogen-bond donors (Lipinski definition) is 1. The minimum Gasteiger partial charge on any atom is -0.453 e. The van der Waals surface area contributed by atoms with E-state index >= 15 is 0 Å². The Morgan fingerprint density at radius 3 is 2.67 bits per heavy atom. The molecule has 1 aromatic carbocycles. The Hall–Kier alpha value is -2.43. The highest BCUT2D eigenvalue weighted by molar-refractivity contribution is 5.89. The molecule has 18 heavy (non-hydrogen) atoms. The number of benzene rings is 1. The van der Waals surface area contributed by atoms with E-state index in [0.29, 0.717) is 17.6 Å². The van der Waals surface area contributed by atoms with Gasteiger partial charge in [0.2, 0.25) is 5.91 Å². The van der Waals surface area contributed by atoms with Gasteiger partial charge in [-0.3, -0.25) is 9.59 Å². The molecule has 2 rings (SSSR count). The van der Waals surface area contributed by atoms with E-state index in [1.165, 1.54) is 25.1 Å². The molecule has 0 atom stereocenters. The molecule has 1 heterocycles. The summed E-state index contributed by atoms with van der Waals surface area (Å²) in [5.74, 6) is -0.337. The molecule has 1 amide bonds. The van der Waals surface area contributed by atoms with Crippen molar-refractivity contribution in [3.63, 3.8) is 0 Å². The zero-order chi connectivity index (χ0) is 13.1. The van der Waals surface area contributed by atoms with Crippen molar-refractivity contribution in [3.05, 3.63) is 41.9 Å². The molecule has 5 heteroatoms. The predicted molar refractivity (Wildman–Crippen MR) is 63.8 cm³/mol. The summed E-state index contributed by atoms with van der Waals surface area (Å²) in [4.78, 5) is 21.3. The number of rotatable bonds is 3. The highest BCUT2D eigenvalue weighted by Gasteiger charge is 2.09. The van der Waals surface area contributed by atoms with Crippen LogP contribution < -0.4 is 5.32 Å². The van der Waals surface area contributed by atoms with Gasteiger partial charge in [-0.2, -0.15) is 0 Å². The van der Waals surface area contributed by atoms with Crippen LogP contribution in [0.1, 0.15) is 17.5 Å². The summed E-state index contributed by atoms with van der Waals surface area (Å²) in [6.07, 6.45) is 0.575. The Kier molecular flexibility index (Phi) is 3.23. The average molecular weight is 247 g/mol. The number of halogens is 1. The van der Waals surface area contributed by atoms with E-state index in [1.807, 2.05) is 0 Å². The number of furan rings is 1. The Morgan fingerprint density at radius 1 is 1.33 bits per heavy atom. The third kappa shape index (κ3) is 2.45. The van der Waals surface area contributed by atoms with Crippen LogP contribution in [0.25, 0.3) is 11.3 Å². The van der Waals surface area contributed by atoms with Crippen LogP contribution in [0.2, 0.25) is 0 Å². The summed E-state index contributed by atoms with van der Waals surface area (Å²) in [7, 11) is 0. The van der Waals surface area contributed by atoms with Gasteiger partial charge in [-0.15, -0.1) is 0 Å². The molecular formula is C13H10FNO3. The van der Waals surface area contributed by atoms with Gasteiger partial charge in [0.25, 0.3) is 0 Å². The van der Waals surface area contributed by atoms with Crippen LogP contribution in [0.15, 0.2) is 34.7 Å². The van der Waals surface area contributed by atoms with Crippen molar-refractivity contribution in [3.8, 4) is 11.3 Å². The summed E-state index contributed by atoms with van der Waals surface area (Å²) >= 11 is 0. The van der Waals surface area contributed by atoms with Gasteiger partial charge in [-0.05, 0) is 30.3 Å². The Bertz CT molecular complexity index is 604. The summed E-state index contributed by atoms with van der Waals surface area (Å²) in [6, 6.07) is 7.36. The van der Waals surface area contributed by atoms with Crippen LogP contribution in [-0.2, 0) is 4.79 Å². The topological polar surface area (TPSA) is 59.3 Å². The van der Waals surface area contributed by atoms with E-state index in [0.717, 1.165) is 0 Å². The molecular weight excluding hydrogens is 237 g/mol. The Labute approximate surface area is 102 Å². The molecule has 0 fully saturated rings. The second-order valence-electron chi connectivity index (χ2n) is 3.70. The third-order valence-electron chi connectivity index (χ3n) is 2.31. The van der Waals surface area contributed by atoms with E-state index in [9.17, 15) is 14.0 Å². The number of anilines is 1.